The maximum absolute atomic E-state index is 14.0. The second kappa shape index (κ2) is 6.18. The third-order valence-electron chi connectivity index (χ3n) is 3.03. The van der Waals surface area contributed by atoms with E-state index in [0.29, 0.717) is 0 Å². The zero-order valence-corrected chi connectivity index (χ0v) is 11.4. The number of ether oxygens (including phenoxy) is 1. The Hall–Kier alpha value is -2.01. The van der Waals surface area contributed by atoms with E-state index in [9.17, 15) is 18.3 Å². The van der Waals surface area contributed by atoms with E-state index in [2.05, 4.69) is 0 Å². The van der Waals surface area contributed by atoms with Crippen molar-refractivity contribution in [1.29, 1.82) is 0 Å². The predicted octanol–water partition coefficient (Wildman–Crippen LogP) is 4.05. The lowest BCUT2D eigenvalue weighted by molar-refractivity contribution is -0.0473. The Morgan fingerprint density at radius 1 is 1.14 bits per heavy atom. The van der Waals surface area contributed by atoms with Crippen LogP contribution in [-0.4, -0.2) is 11.7 Å². The fourth-order valence-electron chi connectivity index (χ4n) is 1.91. The van der Waals surface area contributed by atoms with Crippen LogP contribution in [0.4, 0.5) is 13.2 Å². The molecular weight excluding hydrogens is 281 g/mol. The van der Waals surface area contributed by atoms with E-state index in [4.69, 9.17) is 4.74 Å². The molecule has 0 aromatic heterocycles. The van der Waals surface area contributed by atoms with Crippen LogP contribution in [0.2, 0.25) is 0 Å². The van der Waals surface area contributed by atoms with Crippen molar-refractivity contribution in [2.45, 2.75) is 19.0 Å². The summed E-state index contributed by atoms with van der Waals surface area (Å²) in [6.45, 7) is 0.527. The monoisotopic (exact) mass is 296 g/mol. The Labute approximate surface area is 120 Å². The SMILES string of the molecule is C[C@@H](O)c1cc(F)ccc1OCC(F)(F)c1ccccc1. The molecule has 0 amide bonds. The van der Waals surface area contributed by atoms with Gasteiger partial charge in [-0.15, -0.1) is 0 Å². The van der Waals surface area contributed by atoms with Crippen LogP contribution in [0.1, 0.15) is 24.2 Å². The fourth-order valence-corrected chi connectivity index (χ4v) is 1.91. The van der Waals surface area contributed by atoms with E-state index in [1.807, 2.05) is 0 Å². The summed E-state index contributed by atoms with van der Waals surface area (Å²) in [5.74, 6) is -3.69. The lowest BCUT2D eigenvalue weighted by atomic mass is 10.1. The summed E-state index contributed by atoms with van der Waals surface area (Å²) in [6.07, 6.45) is -1.01. The number of benzene rings is 2. The molecule has 0 spiro atoms. The Morgan fingerprint density at radius 3 is 2.43 bits per heavy atom. The van der Waals surface area contributed by atoms with Gasteiger partial charge in [0.15, 0.2) is 6.61 Å². The summed E-state index contributed by atoms with van der Waals surface area (Å²) in [5.41, 5.74) is -0.0235. The van der Waals surface area contributed by atoms with E-state index in [0.717, 1.165) is 12.1 Å². The highest BCUT2D eigenvalue weighted by Crippen LogP contribution is 2.31. The molecule has 0 aliphatic heterocycles. The zero-order valence-electron chi connectivity index (χ0n) is 11.4. The first-order valence-corrected chi connectivity index (χ1v) is 6.44. The number of rotatable bonds is 5. The van der Waals surface area contributed by atoms with Crippen molar-refractivity contribution < 1.29 is 23.0 Å². The van der Waals surface area contributed by atoms with Crippen LogP contribution >= 0.6 is 0 Å². The van der Waals surface area contributed by atoms with Crippen molar-refractivity contribution in [2.75, 3.05) is 6.61 Å². The molecule has 2 aromatic rings. The quantitative estimate of drug-likeness (QED) is 0.902. The van der Waals surface area contributed by atoms with Gasteiger partial charge in [0, 0.05) is 11.1 Å². The minimum absolute atomic E-state index is 0.0435. The smallest absolute Gasteiger partial charge is 0.306 e. The number of halogens is 3. The lowest BCUT2D eigenvalue weighted by Crippen LogP contribution is -2.23. The molecule has 0 saturated heterocycles. The van der Waals surface area contributed by atoms with Gasteiger partial charge in [0.1, 0.15) is 11.6 Å². The maximum Gasteiger partial charge on any atom is 0.306 e. The standard InChI is InChI=1S/C16H15F3O2/c1-11(20)14-9-13(17)7-8-15(14)21-10-16(18,19)12-5-3-2-4-6-12/h2-9,11,20H,10H2,1H3/t11-/m1/s1. The molecule has 0 saturated carbocycles. The van der Waals surface area contributed by atoms with E-state index in [1.165, 1.54) is 37.3 Å². The summed E-state index contributed by atoms with van der Waals surface area (Å²) < 4.78 is 46.2. The van der Waals surface area contributed by atoms with Crippen molar-refractivity contribution in [1.82, 2.24) is 0 Å². The number of aliphatic hydroxyl groups is 1. The van der Waals surface area contributed by atoms with Crippen LogP contribution < -0.4 is 4.74 Å². The van der Waals surface area contributed by atoms with Gasteiger partial charge in [-0.3, -0.25) is 0 Å². The van der Waals surface area contributed by atoms with Crippen LogP contribution in [0.3, 0.4) is 0 Å². The molecule has 0 aliphatic carbocycles. The van der Waals surface area contributed by atoms with Crippen LogP contribution in [0.15, 0.2) is 48.5 Å². The average Bonchev–Trinajstić information content (AvgIpc) is 2.47. The molecule has 21 heavy (non-hydrogen) atoms. The molecule has 0 bridgehead atoms. The molecule has 5 heteroatoms. The lowest BCUT2D eigenvalue weighted by Gasteiger charge is -2.19. The van der Waals surface area contributed by atoms with Crippen molar-refractivity contribution in [3.8, 4) is 5.75 Å². The molecule has 1 N–H and O–H groups in total. The third-order valence-corrected chi connectivity index (χ3v) is 3.03. The van der Waals surface area contributed by atoms with Crippen LogP contribution in [-0.2, 0) is 5.92 Å². The van der Waals surface area contributed by atoms with Gasteiger partial charge in [-0.25, -0.2) is 4.39 Å². The summed E-state index contributed by atoms with van der Waals surface area (Å²) in [7, 11) is 0. The molecule has 0 heterocycles. The second-order valence-corrected chi connectivity index (χ2v) is 4.72. The topological polar surface area (TPSA) is 29.5 Å². The summed E-state index contributed by atoms with van der Waals surface area (Å²) in [5, 5.41) is 9.54. The fraction of sp³-hybridized carbons (Fsp3) is 0.250. The molecule has 112 valence electrons. The highest BCUT2D eigenvalue weighted by atomic mass is 19.3. The number of aliphatic hydroxyl groups excluding tert-OH is 1. The molecular formula is C16H15F3O2. The second-order valence-electron chi connectivity index (χ2n) is 4.72. The summed E-state index contributed by atoms with van der Waals surface area (Å²) in [4.78, 5) is 0. The normalized spacial score (nSPS) is 13.0. The van der Waals surface area contributed by atoms with Crippen molar-refractivity contribution in [3.63, 3.8) is 0 Å². The molecule has 2 aromatic carbocycles. The van der Waals surface area contributed by atoms with Gasteiger partial charge >= 0.3 is 5.92 Å². The predicted molar refractivity (Wildman–Crippen MR) is 72.9 cm³/mol. The number of hydrogen-bond donors (Lipinski definition) is 1. The highest BCUT2D eigenvalue weighted by molar-refractivity contribution is 5.35. The minimum Gasteiger partial charge on any atom is -0.487 e. The number of hydrogen-bond acceptors (Lipinski definition) is 2. The van der Waals surface area contributed by atoms with Crippen LogP contribution in [0.25, 0.3) is 0 Å². The van der Waals surface area contributed by atoms with Crippen molar-refractivity contribution in [2.24, 2.45) is 0 Å². The molecule has 0 unspecified atom stereocenters. The first-order chi connectivity index (χ1) is 9.90. The van der Waals surface area contributed by atoms with Gasteiger partial charge in [0.25, 0.3) is 0 Å². The molecule has 0 aliphatic rings. The Balaban J connectivity index is 2.16. The third kappa shape index (κ3) is 3.76. The highest BCUT2D eigenvalue weighted by Gasteiger charge is 2.32. The van der Waals surface area contributed by atoms with Crippen molar-refractivity contribution >= 4 is 0 Å². The molecule has 0 fully saturated rings. The first kappa shape index (κ1) is 15.4. The average molecular weight is 296 g/mol. The molecule has 1 atom stereocenters. The van der Waals surface area contributed by atoms with Crippen LogP contribution in [0, 0.1) is 5.82 Å². The van der Waals surface area contributed by atoms with E-state index >= 15 is 0 Å². The van der Waals surface area contributed by atoms with Gasteiger partial charge in [-0.2, -0.15) is 8.78 Å². The Kier molecular flexibility index (Phi) is 4.53. The van der Waals surface area contributed by atoms with Crippen LogP contribution in [0.5, 0.6) is 5.75 Å². The summed E-state index contributed by atoms with van der Waals surface area (Å²) in [6, 6.07) is 10.7. The van der Waals surface area contributed by atoms with Gasteiger partial charge < -0.3 is 9.84 Å². The summed E-state index contributed by atoms with van der Waals surface area (Å²) >= 11 is 0. The van der Waals surface area contributed by atoms with Gasteiger partial charge in [0.05, 0.1) is 6.10 Å². The molecule has 2 nitrogen and oxygen atoms in total. The van der Waals surface area contributed by atoms with E-state index < -0.39 is 24.5 Å². The first-order valence-electron chi connectivity index (χ1n) is 6.44. The van der Waals surface area contributed by atoms with E-state index in [-0.39, 0.29) is 16.9 Å². The van der Waals surface area contributed by atoms with Gasteiger partial charge in [0.2, 0.25) is 0 Å². The van der Waals surface area contributed by atoms with Crippen molar-refractivity contribution in [3.05, 3.63) is 65.5 Å². The molecule has 0 radical (unpaired) electrons. The maximum atomic E-state index is 14.0. The molecule has 2 rings (SSSR count). The number of alkyl halides is 2. The largest absolute Gasteiger partial charge is 0.487 e. The zero-order chi connectivity index (χ0) is 15.5. The van der Waals surface area contributed by atoms with Gasteiger partial charge in [-0.1, -0.05) is 30.3 Å². The van der Waals surface area contributed by atoms with Gasteiger partial charge in [-0.05, 0) is 25.1 Å². The minimum atomic E-state index is -3.17. The Morgan fingerprint density at radius 2 is 1.81 bits per heavy atom. The Bertz CT molecular complexity index is 598. The van der Waals surface area contributed by atoms with E-state index in [1.54, 1.807) is 6.07 Å².